The van der Waals surface area contributed by atoms with Crippen LogP contribution < -0.4 is 0 Å². The molecule has 4 nitrogen and oxygen atoms in total. The number of hydrogen-bond acceptors (Lipinski definition) is 3. The Balaban J connectivity index is 1.78. The monoisotopic (exact) mass is 181 g/mol. The summed E-state index contributed by atoms with van der Waals surface area (Å²) in [7, 11) is 0. The van der Waals surface area contributed by atoms with Gasteiger partial charge in [-0.15, -0.1) is 10.2 Å². The number of nitrogens with zero attached hydrogens (tertiary/aromatic N) is 3. The van der Waals surface area contributed by atoms with Crippen LogP contribution in [0.1, 0.15) is 31.5 Å². The van der Waals surface area contributed by atoms with Crippen molar-refractivity contribution in [2.75, 3.05) is 0 Å². The molecule has 0 unspecified atom stereocenters. The van der Waals surface area contributed by atoms with Crippen molar-refractivity contribution in [1.82, 2.24) is 14.8 Å². The van der Waals surface area contributed by atoms with E-state index < -0.39 is 0 Å². The minimum Gasteiger partial charge on any atom is -0.388 e. The highest BCUT2D eigenvalue weighted by Gasteiger charge is 2.20. The number of aryl methyl sites for hydroxylation is 1. The minimum atomic E-state index is -0.0105. The zero-order valence-corrected chi connectivity index (χ0v) is 7.69. The molecule has 72 valence electrons. The molecule has 1 aromatic heterocycles. The molecule has 1 aromatic rings. The Bertz CT molecular complexity index is 268. The lowest BCUT2D eigenvalue weighted by atomic mass is 10.2. The molecule has 0 atom stereocenters. The Morgan fingerprint density at radius 2 is 2.38 bits per heavy atom. The second-order valence-corrected chi connectivity index (χ2v) is 3.68. The third kappa shape index (κ3) is 2.28. The van der Waals surface area contributed by atoms with Crippen molar-refractivity contribution < 1.29 is 5.11 Å². The van der Waals surface area contributed by atoms with E-state index in [1.165, 1.54) is 25.7 Å². The van der Waals surface area contributed by atoms with Crippen LogP contribution >= 0.6 is 0 Å². The van der Waals surface area contributed by atoms with Crippen LogP contribution in [0.15, 0.2) is 6.33 Å². The Morgan fingerprint density at radius 1 is 1.54 bits per heavy atom. The van der Waals surface area contributed by atoms with Crippen LogP contribution in [0.5, 0.6) is 0 Å². The highest BCUT2D eigenvalue weighted by molar-refractivity contribution is 4.82. The van der Waals surface area contributed by atoms with Gasteiger partial charge < -0.3 is 9.67 Å². The molecule has 0 bridgehead atoms. The molecule has 1 aliphatic carbocycles. The Labute approximate surface area is 77.6 Å². The maximum absolute atomic E-state index is 8.90. The SMILES string of the molecule is OCc1nncn1CCCC1CC1. The molecule has 0 aromatic carbocycles. The maximum atomic E-state index is 8.90. The second kappa shape index (κ2) is 3.87. The lowest BCUT2D eigenvalue weighted by Gasteiger charge is -2.03. The fraction of sp³-hybridized carbons (Fsp3) is 0.778. The van der Waals surface area contributed by atoms with Crippen LogP contribution in [0.3, 0.4) is 0 Å². The number of aromatic nitrogens is 3. The van der Waals surface area contributed by atoms with E-state index in [0.29, 0.717) is 5.82 Å². The van der Waals surface area contributed by atoms with Gasteiger partial charge in [-0.1, -0.05) is 12.8 Å². The van der Waals surface area contributed by atoms with Gasteiger partial charge in [-0.3, -0.25) is 0 Å². The van der Waals surface area contributed by atoms with Crippen molar-refractivity contribution in [3.8, 4) is 0 Å². The summed E-state index contributed by atoms with van der Waals surface area (Å²) < 4.78 is 1.93. The van der Waals surface area contributed by atoms with Gasteiger partial charge in [-0.25, -0.2) is 0 Å². The first-order valence-corrected chi connectivity index (χ1v) is 4.87. The van der Waals surface area contributed by atoms with Crippen molar-refractivity contribution >= 4 is 0 Å². The molecule has 1 N–H and O–H groups in total. The van der Waals surface area contributed by atoms with E-state index in [4.69, 9.17) is 5.11 Å². The van der Waals surface area contributed by atoms with Gasteiger partial charge in [0.2, 0.25) is 0 Å². The van der Waals surface area contributed by atoms with Gasteiger partial charge in [0, 0.05) is 6.54 Å². The van der Waals surface area contributed by atoms with Gasteiger partial charge in [0.25, 0.3) is 0 Å². The second-order valence-electron chi connectivity index (χ2n) is 3.68. The number of aliphatic hydroxyl groups is 1. The van der Waals surface area contributed by atoms with Crippen LogP contribution in [0.2, 0.25) is 0 Å². The third-order valence-corrected chi connectivity index (χ3v) is 2.55. The van der Waals surface area contributed by atoms with Crippen LogP contribution in [-0.2, 0) is 13.2 Å². The first-order valence-electron chi connectivity index (χ1n) is 4.87. The van der Waals surface area contributed by atoms with E-state index in [1.807, 2.05) is 4.57 Å². The normalized spacial score (nSPS) is 16.4. The summed E-state index contributed by atoms with van der Waals surface area (Å²) in [4.78, 5) is 0. The summed E-state index contributed by atoms with van der Waals surface area (Å²) in [6.45, 7) is 0.933. The van der Waals surface area contributed by atoms with E-state index in [-0.39, 0.29) is 6.61 Å². The van der Waals surface area contributed by atoms with Crippen LogP contribution in [-0.4, -0.2) is 19.9 Å². The van der Waals surface area contributed by atoms with E-state index >= 15 is 0 Å². The summed E-state index contributed by atoms with van der Waals surface area (Å²) in [6, 6.07) is 0. The predicted octanol–water partition coefficient (Wildman–Crippen LogP) is 0.961. The first-order chi connectivity index (χ1) is 6.40. The molecule has 1 aliphatic rings. The van der Waals surface area contributed by atoms with Crippen molar-refractivity contribution in [2.45, 2.75) is 38.8 Å². The zero-order chi connectivity index (χ0) is 9.10. The van der Waals surface area contributed by atoms with Crippen LogP contribution in [0.25, 0.3) is 0 Å². The summed E-state index contributed by atoms with van der Waals surface area (Å²) >= 11 is 0. The maximum Gasteiger partial charge on any atom is 0.158 e. The van der Waals surface area contributed by atoms with Gasteiger partial charge in [-0.2, -0.15) is 0 Å². The zero-order valence-electron chi connectivity index (χ0n) is 7.69. The van der Waals surface area contributed by atoms with Gasteiger partial charge in [0.05, 0.1) is 0 Å². The summed E-state index contributed by atoms with van der Waals surface area (Å²) in [5, 5.41) is 16.5. The third-order valence-electron chi connectivity index (χ3n) is 2.55. The molecular formula is C9H15N3O. The molecule has 1 heterocycles. The van der Waals surface area contributed by atoms with Crippen LogP contribution in [0, 0.1) is 5.92 Å². The first kappa shape index (κ1) is 8.69. The Morgan fingerprint density at radius 3 is 3.08 bits per heavy atom. The molecule has 0 amide bonds. The fourth-order valence-corrected chi connectivity index (χ4v) is 1.54. The number of rotatable bonds is 5. The highest BCUT2D eigenvalue weighted by Crippen LogP contribution is 2.33. The molecule has 13 heavy (non-hydrogen) atoms. The smallest absolute Gasteiger partial charge is 0.158 e. The van der Waals surface area contributed by atoms with Gasteiger partial charge in [0.15, 0.2) is 5.82 Å². The average molecular weight is 181 g/mol. The summed E-state index contributed by atoms with van der Waals surface area (Å²) in [5.74, 6) is 1.66. The van der Waals surface area contributed by atoms with Gasteiger partial charge in [0.1, 0.15) is 12.9 Å². The molecule has 1 fully saturated rings. The molecular weight excluding hydrogens is 166 g/mol. The highest BCUT2D eigenvalue weighted by atomic mass is 16.3. The predicted molar refractivity (Wildman–Crippen MR) is 47.9 cm³/mol. The topological polar surface area (TPSA) is 50.9 Å². The average Bonchev–Trinajstić information content (AvgIpc) is 2.84. The standard InChI is InChI=1S/C9H15N3O/c13-6-9-11-10-7-12(9)5-1-2-8-3-4-8/h7-8,13H,1-6H2. The minimum absolute atomic E-state index is 0.0105. The van der Waals surface area contributed by atoms with Crippen molar-refractivity contribution in [3.05, 3.63) is 12.2 Å². The van der Waals surface area contributed by atoms with E-state index in [9.17, 15) is 0 Å². The van der Waals surface area contributed by atoms with Gasteiger partial charge in [-0.05, 0) is 18.8 Å². The molecule has 1 saturated carbocycles. The number of hydrogen-bond donors (Lipinski definition) is 1. The lowest BCUT2D eigenvalue weighted by Crippen LogP contribution is -2.03. The molecule has 2 rings (SSSR count). The Kier molecular flexibility index (Phi) is 2.59. The lowest BCUT2D eigenvalue weighted by molar-refractivity contribution is 0.264. The van der Waals surface area contributed by atoms with Crippen molar-refractivity contribution in [2.24, 2.45) is 5.92 Å². The quantitative estimate of drug-likeness (QED) is 0.736. The fourth-order valence-electron chi connectivity index (χ4n) is 1.54. The molecule has 0 saturated heterocycles. The number of aliphatic hydroxyl groups excluding tert-OH is 1. The molecule has 0 aliphatic heterocycles. The summed E-state index contributed by atoms with van der Waals surface area (Å²) in [5.41, 5.74) is 0. The summed E-state index contributed by atoms with van der Waals surface area (Å²) in [6.07, 6.45) is 7.00. The van der Waals surface area contributed by atoms with Gasteiger partial charge >= 0.3 is 0 Å². The van der Waals surface area contributed by atoms with E-state index in [1.54, 1.807) is 6.33 Å². The largest absolute Gasteiger partial charge is 0.388 e. The molecule has 0 radical (unpaired) electrons. The van der Waals surface area contributed by atoms with Crippen molar-refractivity contribution in [3.63, 3.8) is 0 Å². The van der Waals surface area contributed by atoms with Crippen molar-refractivity contribution in [1.29, 1.82) is 0 Å². The molecule has 0 spiro atoms. The van der Waals surface area contributed by atoms with E-state index in [2.05, 4.69) is 10.2 Å². The molecule has 4 heteroatoms. The van der Waals surface area contributed by atoms with E-state index in [0.717, 1.165) is 12.5 Å². The van der Waals surface area contributed by atoms with Crippen LogP contribution in [0.4, 0.5) is 0 Å². The Hall–Kier alpha value is -0.900.